The third kappa shape index (κ3) is 12.1. The number of nitrogens with zero attached hydrogens (tertiary/aromatic N) is 3. The molecule has 1 aromatic carbocycles. The third-order valence-electron chi connectivity index (χ3n) is 10.4. The topological polar surface area (TPSA) is 175 Å². The summed E-state index contributed by atoms with van der Waals surface area (Å²) >= 11 is 0. The fourth-order valence-corrected chi connectivity index (χ4v) is 7.35. The fourth-order valence-electron chi connectivity index (χ4n) is 7.35. The summed E-state index contributed by atoms with van der Waals surface area (Å²) in [6, 6.07) is 0.156. The fraction of sp³-hybridized carbons (Fsp3) is 0.625. The Morgan fingerprint density at radius 3 is 2.36 bits per heavy atom. The highest BCUT2D eigenvalue weighted by atomic mass is 19.1. The van der Waals surface area contributed by atoms with E-state index in [2.05, 4.69) is 16.0 Å². The largest absolute Gasteiger partial charge is 0.458 e. The van der Waals surface area contributed by atoms with Crippen LogP contribution in [0.2, 0.25) is 0 Å². The monoisotopic (exact) mass is 768 g/mol. The summed E-state index contributed by atoms with van der Waals surface area (Å²) < 4.78 is 20.1. The number of rotatable bonds is 9. The van der Waals surface area contributed by atoms with Crippen molar-refractivity contribution in [3.8, 4) is 0 Å². The van der Waals surface area contributed by atoms with Crippen LogP contribution in [0.1, 0.15) is 97.0 Å². The number of fused-ring (bicyclic) bond motifs is 2. The van der Waals surface area contributed by atoms with E-state index >= 15 is 0 Å². The average Bonchev–Trinajstić information content (AvgIpc) is 3.85. The quantitative estimate of drug-likeness (QED) is 0.195. The highest BCUT2D eigenvalue weighted by Gasteiger charge is 2.44. The summed E-state index contributed by atoms with van der Waals surface area (Å²) in [6.45, 7) is 5.92. The van der Waals surface area contributed by atoms with Gasteiger partial charge < -0.3 is 35.4 Å². The maximum atomic E-state index is 14.5. The summed E-state index contributed by atoms with van der Waals surface area (Å²) in [5.74, 6) is -4.28. The smallest absolute Gasteiger partial charge is 0.329 e. The summed E-state index contributed by atoms with van der Waals surface area (Å²) in [5, 5.41) is 8.12. The number of hydrogen-bond acceptors (Lipinski definition) is 8. The molecule has 3 aliphatic heterocycles. The molecule has 3 aliphatic rings. The van der Waals surface area contributed by atoms with Crippen molar-refractivity contribution in [3.63, 3.8) is 0 Å². The lowest BCUT2D eigenvalue weighted by Crippen LogP contribution is -2.61. The van der Waals surface area contributed by atoms with Crippen LogP contribution in [0.4, 0.5) is 4.39 Å². The predicted octanol–water partition coefficient (Wildman–Crippen LogP) is 2.54. The van der Waals surface area contributed by atoms with Gasteiger partial charge in [0, 0.05) is 39.5 Å². The molecule has 1 aromatic rings. The number of benzene rings is 1. The minimum absolute atomic E-state index is 0.114. The normalized spacial score (nSPS) is 25.6. The molecule has 6 atom stereocenters. The first kappa shape index (κ1) is 42.9. The lowest BCUT2D eigenvalue weighted by Gasteiger charge is -2.34. The van der Waals surface area contributed by atoms with Crippen molar-refractivity contribution in [2.75, 3.05) is 26.7 Å². The number of amides is 6. The molecule has 0 radical (unpaired) electrons. The van der Waals surface area contributed by atoms with Gasteiger partial charge in [0.1, 0.15) is 42.1 Å². The lowest BCUT2D eigenvalue weighted by molar-refractivity contribution is -0.162. The Balaban J connectivity index is 1.66. The zero-order valence-corrected chi connectivity index (χ0v) is 32.5. The molecular weight excluding hydrogens is 711 g/mol. The van der Waals surface area contributed by atoms with Crippen molar-refractivity contribution in [1.29, 1.82) is 0 Å². The van der Waals surface area contributed by atoms with Crippen LogP contribution < -0.4 is 16.0 Å². The molecule has 0 bridgehead atoms. The Kier molecular flexibility index (Phi) is 16.2. The van der Waals surface area contributed by atoms with Crippen LogP contribution in [0.3, 0.4) is 0 Å². The van der Waals surface area contributed by atoms with Gasteiger partial charge in [-0.15, -0.1) is 0 Å². The zero-order chi connectivity index (χ0) is 40.1. The Bertz CT molecular complexity index is 1590. The van der Waals surface area contributed by atoms with E-state index in [4.69, 9.17) is 4.74 Å². The van der Waals surface area contributed by atoms with Gasteiger partial charge in [0.25, 0.3) is 0 Å². The Morgan fingerprint density at radius 2 is 1.65 bits per heavy atom. The van der Waals surface area contributed by atoms with Gasteiger partial charge in [0.15, 0.2) is 0 Å². The van der Waals surface area contributed by atoms with E-state index in [1.807, 2.05) is 6.92 Å². The Labute approximate surface area is 322 Å². The second-order valence-corrected chi connectivity index (χ2v) is 14.8. The SMILES string of the molecule is CCCCC=CC(=O)NC(Cc1cccc(F)c1)C(=O)NC1C(=O)N2CCCC2C(=O)N(C)CCCCCC(=O)NC(C)C(=O)N2CCCC2C(=O)OC1C. The summed E-state index contributed by atoms with van der Waals surface area (Å²) in [6.07, 6.45) is 7.87. The van der Waals surface area contributed by atoms with Crippen molar-refractivity contribution < 1.29 is 42.7 Å². The maximum Gasteiger partial charge on any atom is 0.329 e. The first-order valence-electron chi connectivity index (χ1n) is 19.7. The number of esters is 1. The summed E-state index contributed by atoms with van der Waals surface area (Å²) in [4.78, 5) is 99.6. The highest BCUT2D eigenvalue weighted by Crippen LogP contribution is 2.24. The van der Waals surface area contributed by atoms with Gasteiger partial charge in [-0.25, -0.2) is 9.18 Å². The van der Waals surface area contributed by atoms with Gasteiger partial charge in [0.2, 0.25) is 35.4 Å². The molecule has 0 aliphatic carbocycles. The van der Waals surface area contributed by atoms with Gasteiger partial charge in [-0.2, -0.15) is 0 Å². The van der Waals surface area contributed by atoms with Crippen molar-refractivity contribution in [2.45, 2.75) is 134 Å². The van der Waals surface area contributed by atoms with Gasteiger partial charge in [0.05, 0.1) is 0 Å². The number of ether oxygens (including phenoxy) is 1. The molecule has 14 nitrogen and oxygen atoms in total. The number of halogens is 1. The first-order chi connectivity index (χ1) is 26.3. The van der Waals surface area contributed by atoms with Crippen LogP contribution in [0.5, 0.6) is 0 Å². The van der Waals surface area contributed by atoms with Crippen LogP contribution in [0.25, 0.3) is 0 Å². The van der Waals surface area contributed by atoms with E-state index in [9.17, 15) is 38.0 Å². The minimum atomic E-state index is -1.49. The minimum Gasteiger partial charge on any atom is -0.458 e. The van der Waals surface area contributed by atoms with Crippen molar-refractivity contribution in [3.05, 3.63) is 47.8 Å². The summed E-state index contributed by atoms with van der Waals surface area (Å²) in [7, 11) is 1.66. The van der Waals surface area contributed by atoms with E-state index in [1.54, 1.807) is 31.0 Å². The number of allylic oxidation sites excluding steroid dienone is 1. The van der Waals surface area contributed by atoms with Crippen molar-refractivity contribution >= 4 is 41.4 Å². The van der Waals surface area contributed by atoms with Gasteiger partial charge in [-0.1, -0.05) is 44.4 Å². The lowest BCUT2D eigenvalue weighted by atomic mass is 10.0. The van der Waals surface area contributed by atoms with E-state index in [0.717, 1.165) is 12.8 Å². The van der Waals surface area contributed by atoms with Crippen LogP contribution in [-0.2, 0) is 44.7 Å². The summed E-state index contributed by atoms with van der Waals surface area (Å²) in [5.41, 5.74) is 0.419. The number of hydrogen-bond donors (Lipinski definition) is 3. The predicted molar refractivity (Wildman–Crippen MR) is 201 cm³/mol. The molecule has 3 heterocycles. The number of cyclic esters (lactones) is 1. The number of nitrogens with one attached hydrogen (secondary N) is 3. The number of likely N-dealkylation sites (N-methyl/N-ethyl adjacent to an activating group) is 1. The van der Waals surface area contributed by atoms with Gasteiger partial charge >= 0.3 is 5.97 Å². The van der Waals surface area contributed by atoms with E-state index in [0.29, 0.717) is 63.5 Å². The van der Waals surface area contributed by atoms with Crippen LogP contribution in [-0.4, -0.2) is 119 Å². The number of carbonyl (C=O) groups is 7. The van der Waals surface area contributed by atoms with Crippen LogP contribution in [0, 0.1) is 5.82 Å². The van der Waals surface area contributed by atoms with E-state index in [-0.39, 0.29) is 37.7 Å². The molecule has 302 valence electrons. The average molecular weight is 769 g/mol. The molecule has 6 amide bonds. The molecule has 0 saturated carbocycles. The molecule has 3 fully saturated rings. The van der Waals surface area contributed by atoms with Crippen molar-refractivity contribution in [2.24, 2.45) is 0 Å². The second kappa shape index (κ2) is 20.7. The van der Waals surface area contributed by atoms with Crippen LogP contribution in [0.15, 0.2) is 36.4 Å². The molecule has 0 spiro atoms. The molecule has 15 heteroatoms. The number of carbonyl (C=O) groups excluding carboxylic acids is 7. The molecule has 0 aromatic heterocycles. The van der Waals surface area contributed by atoms with Crippen LogP contribution >= 0.6 is 0 Å². The van der Waals surface area contributed by atoms with E-state index < -0.39 is 71.7 Å². The Hall–Kier alpha value is -4.82. The number of unbranched alkanes of at least 4 members (excludes halogenated alkanes) is 2. The highest BCUT2D eigenvalue weighted by molar-refractivity contribution is 5.97. The standard InChI is InChI=1S/C40H57FN6O8/c1-5-6-7-9-20-34(49)43-30(25-28-15-12-16-29(41)24-28)36(50)44-35-27(3)55-40(54)32-18-14-23-47(32)37(51)26(2)42-33(48)19-10-8-11-21-45(4)38(52)31-17-13-22-46(31)39(35)53/h9,12,15-16,20,24,26-27,30-32,35H,5-8,10-11,13-14,17-19,21-23,25H2,1-4H3,(H,42,48)(H,43,49)(H,44,50). The zero-order valence-electron chi connectivity index (χ0n) is 32.5. The molecule has 4 rings (SSSR count). The third-order valence-corrected chi connectivity index (χ3v) is 10.4. The first-order valence-corrected chi connectivity index (χ1v) is 19.7. The molecular formula is C40H57FN6O8. The van der Waals surface area contributed by atoms with Crippen molar-refractivity contribution in [1.82, 2.24) is 30.7 Å². The molecule has 3 N–H and O–H groups in total. The molecule has 3 saturated heterocycles. The van der Waals surface area contributed by atoms with Gasteiger partial charge in [-0.05, 0) is 82.6 Å². The Morgan fingerprint density at radius 1 is 0.945 bits per heavy atom. The second-order valence-electron chi connectivity index (χ2n) is 14.8. The van der Waals surface area contributed by atoms with Gasteiger partial charge in [-0.3, -0.25) is 28.8 Å². The van der Waals surface area contributed by atoms with E-state index in [1.165, 1.54) is 41.0 Å². The molecule has 55 heavy (non-hydrogen) atoms. The maximum absolute atomic E-state index is 14.5. The molecule has 6 unspecified atom stereocenters.